The minimum Gasteiger partial charge on any atom is -0.301 e. The Morgan fingerprint density at radius 1 is 1.33 bits per heavy atom. The van der Waals surface area contributed by atoms with Gasteiger partial charge in [-0.25, -0.2) is 4.39 Å². The van der Waals surface area contributed by atoms with Gasteiger partial charge in [-0.15, -0.1) is 10.2 Å². The molecule has 94 valence electrons. The molecule has 1 heterocycles. The summed E-state index contributed by atoms with van der Waals surface area (Å²) >= 11 is 1.27. The molecule has 0 bridgehead atoms. The molecule has 18 heavy (non-hydrogen) atoms. The van der Waals surface area contributed by atoms with Gasteiger partial charge in [0.25, 0.3) is 0 Å². The highest BCUT2D eigenvalue weighted by atomic mass is 32.1. The van der Waals surface area contributed by atoms with Crippen molar-refractivity contribution < 1.29 is 9.18 Å². The number of rotatable bonds is 4. The molecule has 6 heteroatoms. The number of benzene rings is 1. The summed E-state index contributed by atoms with van der Waals surface area (Å²) in [6.45, 7) is 1.93. The molecule has 1 aromatic heterocycles. The van der Waals surface area contributed by atoms with Gasteiger partial charge in [-0.2, -0.15) is 0 Å². The van der Waals surface area contributed by atoms with Gasteiger partial charge in [0.05, 0.1) is 0 Å². The molecule has 0 atom stereocenters. The van der Waals surface area contributed by atoms with Crippen molar-refractivity contribution in [3.8, 4) is 10.6 Å². The lowest BCUT2D eigenvalue weighted by molar-refractivity contribution is -0.116. The largest absolute Gasteiger partial charge is 0.301 e. The number of hydrogen-bond donors (Lipinski definition) is 1. The average molecular weight is 265 g/mol. The van der Waals surface area contributed by atoms with Crippen LogP contribution in [0.5, 0.6) is 0 Å². The fourth-order valence-corrected chi connectivity index (χ4v) is 2.16. The smallest absolute Gasteiger partial charge is 0.226 e. The second-order valence-electron chi connectivity index (χ2n) is 3.72. The second kappa shape index (κ2) is 5.68. The molecule has 0 spiro atoms. The summed E-state index contributed by atoms with van der Waals surface area (Å²) in [4.78, 5) is 11.4. The quantitative estimate of drug-likeness (QED) is 0.924. The fraction of sp³-hybridized carbons (Fsp3) is 0.250. The van der Waals surface area contributed by atoms with Crippen molar-refractivity contribution in [2.75, 3.05) is 5.32 Å². The SMILES string of the molecule is CCCC(=O)Nc1nnc(-c2ccc(F)cc2)s1. The number of amides is 1. The summed E-state index contributed by atoms with van der Waals surface area (Å²) in [6, 6.07) is 6.00. The van der Waals surface area contributed by atoms with Crippen LogP contribution < -0.4 is 5.32 Å². The molecule has 0 saturated carbocycles. The Morgan fingerprint density at radius 2 is 2.06 bits per heavy atom. The molecule has 1 N–H and O–H groups in total. The van der Waals surface area contributed by atoms with Crippen molar-refractivity contribution in [2.45, 2.75) is 19.8 Å². The third kappa shape index (κ3) is 3.10. The normalized spacial score (nSPS) is 10.3. The lowest BCUT2D eigenvalue weighted by Crippen LogP contribution is -2.10. The zero-order valence-electron chi connectivity index (χ0n) is 9.81. The van der Waals surface area contributed by atoms with E-state index in [1.54, 1.807) is 12.1 Å². The third-order valence-electron chi connectivity index (χ3n) is 2.24. The maximum atomic E-state index is 12.8. The van der Waals surface area contributed by atoms with Crippen molar-refractivity contribution in [3.05, 3.63) is 30.1 Å². The summed E-state index contributed by atoms with van der Waals surface area (Å²) in [7, 11) is 0. The monoisotopic (exact) mass is 265 g/mol. The molecule has 0 aliphatic rings. The van der Waals surface area contributed by atoms with E-state index in [1.807, 2.05) is 6.92 Å². The van der Waals surface area contributed by atoms with Crippen LogP contribution in [-0.4, -0.2) is 16.1 Å². The first kappa shape index (κ1) is 12.6. The van der Waals surface area contributed by atoms with Gasteiger partial charge in [-0.1, -0.05) is 18.3 Å². The van der Waals surface area contributed by atoms with Crippen LogP contribution in [0, 0.1) is 5.82 Å². The van der Waals surface area contributed by atoms with Crippen LogP contribution in [0.3, 0.4) is 0 Å². The van der Waals surface area contributed by atoms with E-state index < -0.39 is 0 Å². The fourth-order valence-electron chi connectivity index (χ4n) is 1.39. The van der Waals surface area contributed by atoms with Crippen LogP contribution in [0.25, 0.3) is 10.6 Å². The van der Waals surface area contributed by atoms with Gasteiger partial charge < -0.3 is 5.32 Å². The van der Waals surface area contributed by atoms with Crippen LogP contribution in [0.2, 0.25) is 0 Å². The molecule has 4 nitrogen and oxygen atoms in total. The maximum Gasteiger partial charge on any atom is 0.226 e. The minimum absolute atomic E-state index is 0.0701. The van der Waals surface area contributed by atoms with Gasteiger partial charge in [-0.05, 0) is 30.7 Å². The molecular formula is C12H12FN3OS. The van der Waals surface area contributed by atoms with Gasteiger partial charge in [0.1, 0.15) is 10.8 Å². The van der Waals surface area contributed by atoms with Crippen LogP contribution in [0.15, 0.2) is 24.3 Å². The number of nitrogens with one attached hydrogen (secondary N) is 1. The molecule has 2 aromatic rings. The third-order valence-corrected chi connectivity index (χ3v) is 3.13. The molecule has 1 aromatic carbocycles. The van der Waals surface area contributed by atoms with E-state index in [4.69, 9.17) is 0 Å². The van der Waals surface area contributed by atoms with Crippen molar-refractivity contribution in [1.82, 2.24) is 10.2 Å². The number of hydrogen-bond acceptors (Lipinski definition) is 4. The van der Waals surface area contributed by atoms with Gasteiger partial charge in [0.15, 0.2) is 0 Å². The van der Waals surface area contributed by atoms with Gasteiger partial charge in [-0.3, -0.25) is 4.79 Å². The van der Waals surface area contributed by atoms with E-state index in [1.165, 1.54) is 23.5 Å². The van der Waals surface area contributed by atoms with E-state index in [0.717, 1.165) is 12.0 Å². The summed E-state index contributed by atoms with van der Waals surface area (Å²) in [6.07, 6.45) is 1.25. The number of aromatic nitrogens is 2. The zero-order chi connectivity index (χ0) is 13.0. The summed E-state index contributed by atoms with van der Waals surface area (Å²) in [5.74, 6) is -0.362. The van der Waals surface area contributed by atoms with E-state index in [-0.39, 0.29) is 11.7 Å². The Bertz CT molecular complexity index is 539. The van der Waals surface area contributed by atoms with Crippen LogP contribution in [0.1, 0.15) is 19.8 Å². The van der Waals surface area contributed by atoms with E-state index in [2.05, 4.69) is 15.5 Å². The first-order valence-electron chi connectivity index (χ1n) is 5.58. The molecule has 0 aliphatic heterocycles. The maximum absolute atomic E-state index is 12.8. The summed E-state index contributed by atoms with van der Waals surface area (Å²) in [5.41, 5.74) is 0.782. The molecule has 0 saturated heterocycles. The van der Waals surface area contributed by atoms with Crippen molar-refractivity contribution >= 4 is 22.4 Å². The van der Waals surface area contributed by atoms with E-state index in [9.17, 15) is 9.18 Å². The molecule has 0 radical (unpaired) electrons. The Labute approximate surface area is 108 Å². The van der Waals surface area contributed by atoms with Crippen LogP contribution >= 0.6 is 11.3 Å². The molecular weight excluding hydrogens is 253 g/mol. The van der Waals surface area contributed by atoms with Crippen molar-refractivity contribution in [1.29, 1.82) is 0 Å². The number of carbonyl (C=O) groups excluding carboxylic acids is 1. The highest BCUT2D eigenvalue weighted by Crippen LogP contribution is 2.26. The standard InChI is InChI=1S/C12H12FN3OS/c1-2-3-10(17)14-12-16-15-11(18-12)8-4-6-9(13)7-5-8/h4-7H,2-3H2,1H3,(H,14,16,17). The highest BCUT2D eigenvalue weighted by molar-refractivity contribution is 7.18. The number of nitrogens with zero attached hydrogens (tertiary/aromatic N) is 2. The lowest BCUT2D eigenvalue weighted by Gasteiger charge is -1.97. The van der Waals surface area contributed by atoms with E-state index in [0.29, 0.717) is 16.6 Å². The Morgan fingerprint density at radius 3 is 2.72 bits per heavy atom. The van der Waals surface area contributed by atoms with Gasteiger partial charge in [0, 0.05) is 12.0 Å². The topological polar surface area (TPSA) is 54.9 Å². The summed E-state index contributed by atoms with van der Waals surface area (Å²) < 4.78 is 12.8. The Balaban J connectivity index is 2.10. The number of carbonyl (C=O) groups is 1. The predicted molar refractivity (Wildman–Crippen MR) is 68.8 cm³/mol. The van der Waals surface area contributed by atoms with Crippen molar-refractivity contribution in [3.63, 3.8) is 0 Å². The minimum atomic E-state index is -0.292. The molecule has 2 rings (SSSR count). The Hall–Kier alpha value is -1.82. The van der Waals surface area contributed by atoms with Gasteiger partial charge in [0.2, 0.25) is 11.0 Å². The summed E-state index contributed by atoms with van der Waals surface area (Å²) in [5, 5.41) is 11.6. The predicted octanol–water partition coefficient (Wildman–Crippen LogP) is 3.08. The number of halogens is 1. The molecule has 0 aliphatic carbocycles. The lowest BCUT2D eigenvalue weighted by atomic mass is 10.2. The first-order valence-corrected chi connectivity index (χ1v) is 6.40. The Kier molecular flexibility index (Phi) is 3.99. The first-order chi connectivity index (χ1) is 8.69. The van der Waals surface area contributed by atoms with Gasteiger partial charge >= 0.3 is 0 Å². The second-order valence-corrected chi connectivity index (χ2v) is 4.69. The molecule has 0 unspecified atom stereocenters. The highest BCUT2D eigenvalue weighted by Gasteiger charge is 2.09. The van der Waals surface area contributed by atoms with Crippen LogP contribution in [0.4, 0.5) is 9.52 Å². The number of anilines is 1. The van der Waals surface area contributed by atoms with E-state index >= 15 is 0 Å². The molecule has 0 fully saturated rings. The average Bonchev–Trinajstić information content (AvgIpc) is 2.78. The zero-order valence-corrected chi connectivity index (χ0v) is 10.6. The molecule has 1 amide bonds. The van der Waals surface area contributed by atoms with Crippen LogP contribution in [-0.2, 0) is 4.79 Å². The van der Waals surface area contributed by atoms with Crippen molar-refractivity contribution in [2.24, 2.45) is 0 Å².